The van der Waals surface area contributed by atoms with Gasteiger partial charge in [-0.2, -0.15) is 0 Å². The predicted octanol–water partition coefficient (Wildman–Crippen LogP) is 2.71. The van der Waals surface area contributed by atoms with Gasteiger partial charge in [-0.1, -0.05) is 0 Å². The minimum atomic E-state index is -1.44. The number of nitrogens with one attached hydrogen (secondary N) is 1. The standard InChI is InChI=1S/C15H20FNO3/c1-9(2)20-11-6-7-13(12(16)8-11)17-14(18)15(3,19)10-4-5-10/h6-10,19H,4-5H2,1-3H3,(H,17,18). The Labute approximate surface area is 117 Å². The van der Waals surface area contributed by atoms with Crippen LogP contribution in [0.4, 0.5) is 10.1 Å². The van der Waals surface area contributed by atoms with E-state index in [0.717, 1.165) is 12.8 Å². The van der Waals surface area contributed by atoms with Crippen molar-refractivity contribution in [1.82, 2.24) is 0 Å². The van der Waals surface area contributed by atoms with Gasteiger partial charge in [0.05, 0.1) is 11.8 Å². The average Bonchev–Trinajstić information content (AvgIpc) is 3.15. The van der Waals surface area contributed by atoms with Gasteiger partial charge in [0.15, 0.2) is 0 Å². The minimum absolute atomic E-state index is 0.0332. The summed E-state index contributed by atoms with van der Waals surface area (Å²) in [4.78, 5) is 12.0. The normalized spacial score (nSPS) is 17.7. The van der Waals surface area contributed by atoms with Gasteiger partial charge in [0.1, 0.15) is 17.2 Å². The van der Waals surface area contributed by atoms with Crippen LogP contribution in [0.3, 0.4) is 0 Å². The quantitative estimate of drug-likeness (QED) is 0.872. The highest BCUT2D eigenvalue weighted by Crippen LogP contribution is 2.40. The maximum absolute atomic E-state index is 13.9. The smallest absolute Gasteiger partial charge is 0.256 e. The van der Waals surface area contributed by atoms with Crippen LogP contribution in [-0.2, 0) is 4.79 Å². The third kappa shape index (κ3) is 3.28. The highest BCUT2D eigenvalue weighted by molar-refractivity contribution is 5.97. The summed E-state index contributed by atoms with van der Waals surface area (Å²) in [6.07, 6.45) is 1.60. The monoisotopic (exact) mass is 281 g/mol. The summed E-state index contributed by atoms with van der Waals surface area (Å²) in [5.41, 5.74) is -1.40. The molecule has 1 aliphatic rings. The fraction of sp³-hybridized carbons (Fsp3) is 0.533. The topological polar surface area (TPSA) is 58.6 Å². The Hall–Kier alpha value is -1.62. The van der Waals surface area contributed by atoms with Crippen molar-refractivity contribution in [3.8, 4) is 5.75 Å². The number of rotatable bonds is 5. The number of benzene rings is 1. The molecular weight excluding hydrogens is 261 g/mol. The Morgan fingerprint density at radius 1 is 1.50 bits per heavy atom. The molecule has 0 bridgehead atoms. The van der Waals surface area contributed by atoms with E-state index in [9.17, 15) is 14.3 Å². The average molecular weight is 281 g/mol. The number of halogens is 1. The number of anilines is 1. The molecule has 5 heteroatoms. The van der Waals surface area contributed by atoms with Gasteiger partial charge in [0.25, 0.3) is 5.91 Å². The molecule has 0 aromatic heterocycles. The summed E-state index contributed by atoms with van der Waals surface area (Å²) < 4.78 is 19.3. The molecule has 4 nitrogen and oxygen atoms in total. The van der Waals surface area contributed by atoms with Crippen LogP contribution < -0.4 is 10.1 Å². The number of carbonyl (C=O) groups is 1. The fourth-order valence-electron chi connectivity index (χ4n) is 2.02. The van der Waals surface area contributed by atoms with Crippen LogP contribution in [0.1, 0.15) is 33.6 Å². The van der Waals surface area contributed by atoms with Crippen LogP contribution in [0.15, 0.2) is 18.2 Å². The van der Waals surface area contributed by atoms with E-state index in [1.165, 1.54) is 19.1 Å². The third-order valence-corrected chi connectivity index (χ3v) is 3.39. The summed E-state index contributed by atoms with van der Waals surface area (Å²) >= 11 is 0. The molecule has 2 rings (SSSR count). The second-order valence-corrected chi connectivity index (χ2v) is 5.68. The first-order chi connectivity index (χ1) is 9.30. The Morgan fingerprint density at radius 2 is 2.15 bits per heavy atom. The van der Waals surface area contributed by atoms with Gasteiger partial charge in [-0.15, -0.1) is 0 Å². The zero-order chi connectivity index (χ0) is 14.9. The van der Waals surface area contributed by atoms with E-state index in [-0.39, 0.29) is 17.7 Å². The molecule has 20 heavy (non-hydrogen) atoms. The van der Waals surface area contributed by atoms with Crippen molar-refractivity contribution in [2.75, 3.05) is 5.32 Å². The Bertz CT molecular complexity index is 510. The van der Waals surface area contributed by atoms with Crippen LogP contribution in [0, 0.1) is 11.7 Å². The number of hydrogen-bond donors (Lipinski definition) is 2. The van der Waals surface area contributed by atoms with Crippen molar-refractivity contribution in [3.63, 3.8) is 0 Å². The largest absolute Gasteiger partial charge is 0.491 e. The number of carbonyl (C=O) groups excluding carboxylic acids is 1. The molecule has 1 saturated carbocycles. The number of hydrogen-bond acceptors (Lipinski definition) is 3. The number of aliphatic hydroxyl groups is 1. The van der Waals surface area contributed by atoms with Gasteiger partial charge < -0.3 is 15.2 Å². The van der Waals surface area contributed by atoms with E-state index in [1.807, 2.05) is 13.8 Å². The molecule has 0 radical (unpaired) electrons. The molecule has 1 amide bonds. The lowest BCUT2D eigenvalue weighted by atomic mass is 9.99. The van der Waals surface area contributed by atoms with Gasteiger partial charge in [-0.3, -0.25) is 4.79 Å². The molecule has 1 fully saturated rings. The molecule has 0 saturated heterocycles. The van der Waals surface area contributed by atoms with Crippen molar-refractivity contribution in [2.24, 2.45) is 5.92 Å². The van der Waals surface area contributed by atoms with E-state index in [1.54, 1.807) is 6.07 Å². The molecule has 1 aromatic carbocycles. The van der Waals surface area contributed by atoms with Crippen molar-refractivity contribution in [3.05, 3.63) is 24.0 Å². The van der Waals surface area contributed by atoms with Crippen LogP contribution >= 0.6 is 0 Å². The molecule has 0 spiro atoms. The Kier molecular flexibility index (Phi) is 3.99. The second kappa shape index (κ2) is 5.40. The maximum Gasteiger partial charge on any atom is 0.256 e. The fourth-order valence-corrected chi connectivity index (χ4v) is 2.02. The highest BCUT2D eigenvalue weighted by Gasteiger charge is 2.45. The molecule has 0 aliphatic heterocycles. The molecule has 1 aliphatic carbocycles. The van der Waals surface area contributed by atoms with Gasteiger partial charge in [-0.05, 0) is 51.7 Å². The first-order valence-corrected chi connectivity index (χ1v) is 6.80. The van der Waals surface area contributed by atoms with E-state index in [0.29, 0.717) is 5.75 Å². The summed E-state index contributed by atoms with van der Waals surface area (Å²) in [7, 11) is 0. The lowest BCUT2D eigenvalue weighted by Gasteiger charge is -2.22. The number of amides is 1. The second-order valence-electron chi connectivity index (χ2n) is 5.68. The van der Waals surface area contributed by atoms with Gasteiger partial charge in [0, 0.05) is 6.07 Å². The minimum Gasteiger partial charge on any atom is -0.491 e. The molecule has 110 valence electrons. The van der Waals surface area contributed by atoms with E-state index >= 15 is 0 Å². The van der Waals surface area contributed by atoms with E-state index < -0.39 is 17.3 Å². The van der Waals surface area contributed by atoms with Crippen LogP contribution in [0.2, 0.25) is 0 Å². The van der Waals surface area contributed by atoms with Crippen LogP contribution in [0.5, 0.6) is 5.75 Å². The first-order valence-electron chi connectivity index (χ1n) is 6.80. The summed E-state index contributed by atoms with van der Waals surface area (Å²) in [6.45, 7) is 5.16. The summed E-state index contributed by atoms with van der Waals surface area (Å²) in [5, 5.41) is 12.5. The lowest BCUT2D eigenvalue weighted by Crippen LogP contribution is -2.42. The molecular formula is C15H20FNO3. The van der Waals surface area contributed by atoms with Crippen LogP contribution in [0.25, 0.3) is 0 Å². The zero-order valence-corrected chi connectivity index (χ0v) is 11.9. The summed E-state index contributed by atoms with van der Waals surface area (Å²) in [6, 6.07) is 4.25. The molecule has 0 heterocycles. The van der Waals surface area contributed by atoms with E-state index in [2.05, 4.69) is 5.32 Å². The SMILES string of the molecule is CC(C)Oc1ccc(NC(=O)C(C)(O)C2CC2)c(F)c1. The van der Waals surface area contributed by atoms with Gasteiger partial charge in [-0.25, -0.2) is 4.39 Å². The van der Waals surface area contributed by atoms with Crippen molar-refractivity contribution in [2.45, 2.75) is 45.3 Å². The van der Waals surface area contributed by atoms with Gasteiger partial charge in [0.2, 0.25) is 0 Å². The predicted molar refractivity (Wildman–Crippen MR) is 74.1 cm³/mol. The highest BCUT2D eigenvalue weighted by atomic mass is 19.1. The summed E-state index contributed by atoms with van der Waals surface area (Å²) in [5.74, 6) is -0.780. The zero-order valence-electron chi connectivity index (χ0n) is 11.9. The first kappa shape index (κ1) is 14.8. The molecule has 1 atom stereocenters. The molecule has 1 aromatic rings. The van der Waals surface area contributed by atoms with Crippen molar-refractivity contribution in [1.29, 1.82) is 0 Å². The van der Waals surface area contributed by atoms with Crippen LogP contribution in [-0.4, -0.2) is 22.7 Å². The Balaban J connectivity index is 2.08. The molecule has 1 unspecified atom stereocenters. The third-order valence-electron chi connectivity index (χ3n) is 3.39. The lowest BCUT2D eigenvalue weighted by molar-refractivity contribution is -0.134. The van der Waals surface area contributed by atoms with E-state index in [4.69, 9.17) is 4.74 Å². The van der Waals surface area contributed by atoms with Gasteiger partial charge >= 0.3 is 0 Å². The number of ether oxygens (including phenoxy) is 1. The van der Waals surface area contributed by atoms with Crippen molar-refractivity contribution < 1.29 is 19.0 Å². The molecule has 2 N–H and O–H groups in total. The Morgan fingerprint density at radius 3 is 2.65 bits per heavy atom. The maximum atomic E-state index is 13.9. The van der Waals surface area contributed by atoms with Crippen molar-refractivity contribution >= 4 is 11.6 Å².